The zero-order chi connectivity index (χ0) is 30.2. The minimum atomic E-state index is -0.558. The van der Waals surface area contributed by atoms with E-state index in [-0.39, 0.29) is 42.3 Å². The number of carbonyl (C=O) groups is 3. The Balaban J connectivity index is 1.60. The number of hydrogen-bond donors (Lipinski definition) is 4. The number of para-hydroxylation sites is 2. The molecule has 5 amide bonds. The van der Waals surface area contributed by atoms with Crippen LogP contribution in [0.25, 0.3) is 0 Å². The second-order valence-electron chi connectivity index (χ2n) is 10.3. The molecule has 42 heavy (non-hydrogen) atoms. The molecular formula is C31H37N5O6. The van der Waals surface area contributed by atoms with Crippen LogP contribution in [0.2, 0.25) is 0 Å². The van der Waals surface area contributed by atoms with Crippen LogP contribution >= 0.6 is 0 Å². The van der Waals surface area contributed by atoms with Crippen molar-refractivity contribution < 1.29 is 29.0 Å². The molecular weight excluding hydrogens is 538 g/mol. The summed E-state index contributed by atoms with van der Waals surface area (Å²) in [7, 11) is 3.23. The number of nitrogens with zero attached hydrogens (tertiary/aromatic N) is 2. The third kappa shape index (κ3) is 7.29. The fraction of sp³-hybridized carbons (Fsp3) is 0.323. The third-order valence-electron chi connectivity index (χ3n) is 7.11. The van der Waals surface area contributed by atoms with Gasteiger partial charge >= 0.3 is 12.1 Å². The molecule has 3 aromatic rings. The molecule has 3 aromatic carbocycles. The average molecular weight is 576 g/mol. The first-order chi connectivity index (χ1) is 20.2. The lowest BCUT2D eigenvalue weighted by molar-refractivity contribution is 0.0373. The summed E-state index contributed by atoms with van der Waals surface area (Å²) in [6.45, 7) is 3.95. The maximum Gasteiger partial charge on any atom is 0.323 e. The van der Waals surface area contributed by atoms with Crippen LogP contribution in [0.1, 0.15) is 24.2 Å². The molecule has 0 saturated heterocycles. The zero-order valence-electron chi connectivity index (χ0n) is 24.2. The molecule has 4 rings (SSSR count). The molecule has 1 aliphatic rings. The van der Waals surface area contributed by atoms with Gasteiger partial charge in [0.2, 0.25) is 0 Å². The summed E-state index contributed by atoms with van der Waals surface area (Å²) in [5.74, 6) is 0.310. The van der Waals surface area contributed by atoms with Crippen molar-refractivity contribution in [1.82, 2.24) is 9.80 Å². The summed E-state index contributed by atoms with van der Waals surface area (Å²) in [5, 5.41) is 18.3. The van der Waals surface area contributed by atoms with Gasteiger partial charge in [-0.2, -0.15) is 0 Å². The van der Waals surface area contributed by atoms with E-state index in [4.69, 9.17) is 9.47 Å². The van der Waals surface area contributed by atoms with E-state index in [1.165, 1.54) is 4.90 Å². The van der Waals surface area contributed by atoms with E-state index in [0.29, 0.717) is 29.4 Å². The molecule has 3 atom stereocenters. The fourth-order valence-corrected chi connectivity index (χ4v) is 4.61. The second kappa shape index (κ2) is 13.7. The Morgan fingerprint density at radius 2 is 1.71 bits per heavy atom. The van der Waals surface area contributed by atoms with Gasteiger partial charge in [-0.25, -0.2) is 9.59 Å². The van der Waals surface area contributed by atoms with Crippen molar-refractivity contribution in [2.75, 3.05) is 49.8 Å². The molecule has 1 aliphatic heterocycles. The molecule has 11 heteroatoms. The molecule has 0 spiro atoms. The van der Waals surface area contributed by atoms with E-state index >= 15 is 0 Å². The lowest BCUT2D eigenvalue weighted by Gasteiger charge is -2.38. The minimum absolute atomic E-state index is 0.183. The predicted octanol–water partition coefficient (Wildman–Crippen LogP) is 4.72. The third-order valence-corrected chi connectivity index (χ3v) is 7.11. The number of rotatable bonds is 8. The number of benzene rings is 3. The van der Waals surface area contributed by atoms with Gasteiger partial charge in [0.1, 0.15) is 11.9 Å². The standard InChI is InChI=1S/C31H37N5O6/c1-20-17-36(21(2)19-37)29(38)25-11-8-12-26(34-30(39)32-22-9-6-5-7-10-22)28(25)42-27(20)18-35(3)31(40)33-23-13-15-24(41-4)16-14-23/h5-16,20-21,27,37H,17-19H2,1-4H3,(H,33,40)(H2,32,34,39)/t20-,21+,27-/m1/s1. The number of ether oxygens (including phenoxy) is 2. The van der Waals surface area contributed by atoms with E-state index in [9.17, 15) is 19.5 Å². The molecule has 11 nitrogen and oxygen atoms in total. The molecule has 0 aromatic heterocycles. The van der Waals surface area contributed by atoms with Crippen molar-refractivity contribution in [1.29, 1.82) is 0 Å². The quantitative estimate of drug-likeness (QED) is 0.307. The van der Waals surface area contributed by atoms with E-state index in [1.807, 2.05) is 13.0 Å². The smallest absolute Gasteiger partial charge is 0.323 e. The molecule has 0 saturated carbocycles. The maximum atomic E-state index is 13.7. The van der Waals surface area contributed by atoms with Gasteiger partial charge in [0, 0.05) is 30.9 Å². The Bertz CT molecular complexity index is 1380. The molecule has 0 bridgehead atoms. The van der Waals surface area contributed by atoms with E-state index < -0.39 is 18.2 Å². The number of urea groups is 2. The number of nitrogens with one attached hydrogen (secondary N) is 3. The van der Waals surface area contributed by atoms with Gasteiger partial charge in [-0.05, 0) is 55.5 Å². The number of likely N-dealkylation sites (N-methyl/N-ethyl adjacent to an activating group) is 1. The lowest BCUT2D eigenvalue weighted by atomic mass is 9.99. The van der Waals surface area contributed by atoms with Crippen LogP contribution in [0.4, 0.5) is 26.7 Å². The Labute approximate surface area is 245 Å². The summed E-state index contributed by atoms with van der Waals surface area (Å²) in [6.07, 6.45) is -0.558. The first-order valence-corrected chi connectivity index (χ1v) is 13.7. The number of fused-ring (bicyclic) bond motifs is 1. The molecule has 0 radical (unpaired) electrons. The molecule has 0 unspecified atom stereocenters. The van der Waals surface area contributed by atoms with Gasteiger partial charge < -0.3 is 40.3 Å². The summed E-state index contributed by atoms with van der Waals surface area (Å²) in [6, 6.07) is 19.6. The summed E-state index contributed by atoms with van der Waals surface area (Å²) < 4.78 is 11.6. The number of anilines is 3. The SMILES string of the molecule is COc1ccc(NC(=O)N(C)C[C@H]2Oc3c(NC(=O)Nc4ccccc4)cccc3C(=O)N([C@@H](C)CO)C[C@H]2C)cc1. The normalized spacial score (nSPS) is 17.1. The first kappa shape index (κ1) is 30.2. The highest BCUT2D eigenvalue weighted by Gasteiger charge is 2.35. The Morgan fingerprint density at radius 1 is 1.02 bits per heavy atom. The van der Waals surface area contributed by atoms with Crippen molar-refractivity contribution in [2.24, 2.45) is 5.92 Å². The van der Waals surface area contributed by atoms with Crippen molar-refractivity contribution in [3.63, 3.8) is 0 Å². The predicted molar refractivity (Wildman–Crippen MR) is 161 cm³/mol. The summed E-state index contributed by atoms with van der Waals surface area (Å²) in [5.41, 5.74) is 1.75. The molecule has 222 valence electrons. The van der Waals surface area contributed by atoms with Crippen molar-refractivity contribution in [3.8, 4) is 11.5 Å². The number of hydrogen-bond acceptors (Lipinski definition) is 6. The number of amides is 5. The Morgan fingerprint density at radius 3 is 2.38 bits per heavy atom. The Kier molecular flexibility index (Phi) is 9.87. The van der Waals surface area contributed by atoms with Crippen molar-refractivity contribution in [2.45, 2.75) is 26.0 Å². The second-order valence-corrected chi connectivity index (χ2v) is 10.3. The van der Waals surface area contributed by atoms with E-state index in [0.717, 1.165) is 0 Å². The van der Waals surface area contributed by atoms with Crippen LogP contribution in [0.5, 0.6) is 11.5 Å². The highest BCUT2D eigenvalue weighted by Crippen LogP contribution is 2.35. The van der Waals surface area contributed by atoms with Crippen molar-refractivity contribution >= 4 is 35.0 Å². The highest BCUT2D eigenvalue weighted by atomic mass is 16.5. The van der Waals surface area contributed by atoms with Gasteiger partial charge in [-0.3, -0.25) is 4.79 Å². The molecule has 1 heterocycles. The van der Waals surface area contributed by atoms with Gasteiger partial charge in [-0.15, -0.1) is 0 Å². The summed E-state index contributed by atoms with van der Waals surface area (Å²) >= 11 is 0. The van der Waals surface area contributed by atoms with Crippen LogP contribution in [-0.2, 0) is 0 Å². The topological polar surface area (TPSA) is 132 Å². The van der Waals surface area contributed by atoms with Crippen LogP contribution in [0.3, 0.4) is 0 Å². The van der Waals surface area contributed by atoms with Gasteiger partial charge in [0.15, 0.2) is 5.75 Å². The van der Waals surface area contributed by atoms with Crippen LogP contribution in [-0.4, -0.2) is 78.9 Å². The van der Waals surface area contributed by atoms with Crippen LogP contribution in [0.15, 0.2) is 72.8 Å². The fourth-order valence-electron chi connectivity index (χ4n) is 4.61. The van der Waals surface area contributed by atoms with Gasteiger partial charge in [0.05, 0.1) is 37.6 Å². The number of methoxy groups -OCH3 is 1. The van der Waals surface area contributed by atoms with E-state index in [2.05, 4.69) is 16.0 Å². The van der Waals surface area contributed by atoms with Gasteiger partial charge in [-0.1, -0.05) is 31.2 Å². The Hall–Kier alpha value is -4.77. The molecule has 4 N–H and O–H groups in total. The molecule has 0 aliphatic carbocycles. The lowest BCUT2D eigenvalue weighted by Crippen LogP contribution is -2.50. The average Bonchev–Trinajstić information content (AvgIpc) is 2.99. The maximum absolute atomic E-state index is 13.7. The highest BCUT2D eigenvalue weighted by molar-refractivity contribution is 6.04. The largest absolute Gasteiger partial charge is 0.497 e. The van der Waals surface area contributed by atoms with Gasteiger partial charge in [0.25, 0.3) is 5.91 Å². The zero-order valence-corrected chi connectivity index (χ0v) is 24.2. The summed E-state index contributed by atoms with van der Waals surface area (Å²) in [4.78, 5) is 42.7. The minimum Gasteiger partial charge on any atom is -0.497 e. The van der Waals surface area contributed by atoms with E-state index in [1.54, 1.807) is 92.7 Å². The molecule has 0 fully saturated rings. The van der Waals surface area contributed by atoms with Crippen LogP contribution in [0, 0.1) is 5.92 Å². The van der Waals surface area contributed by atoms with Crippen molar-refractivity contribution in [3.05, 3.63) is 78.4 Å². The van der Waals surface area contributed by atoms with Crippen LogP contribution < -0.4 is 25.4 Å². The first-order valence-electron chi connectivity index (χ1n) is 13.7. The number of carbonyl (C=O) groups excluding carboxylic acids is 3. The monoisotopic (exact) mass is 575 g/mol. The number of aliphatic hydroxyl groups is 1. The number of aliphatic hydroxyl groups excluding tert-OH is 1.